The van der Waals surface area contributed by atoms with Gasteiger partial charge in [-0.3, -0.25) is 0 Å². The van der Waals surface area contributed by atoms with Crippen molar-refractivity contribution >= 4 is 0 Å². The molecule has 17 heavy (non-hydrogen) atoms. The van der Waals surface area contributed by atoms with Gasteiger partial charge in [0.15, 0.2) is 0 Å². The van der Waals surface area contributed by atoms with Gasteiger partial charge in [-0.25, -0.2) is 0 Å². The van der Waals surface area contributed by atoms with Crippen molar-refractivity contribution in [3.63, 3.8) is 0 Å². The van der Waals surface area contributed by atoms with Gasteiger partial charge in [0.1, 0.15) is 0 Å². The highest BCUT2D eigenvalue weighted by Gasteiger charge is 2.25. The average molecular weight is 242 g/mol. The van der Waals surface area contributed by atoms with Crippen molar-refractivity contribution in [2.75, 3.05) is 19.8 Å². The van der Waals surface area contributed by atoms with Gasteiger partial charge in [0, 0.05) is 19.1 Å². The minimum atomic E-state index is 0.452. The lowest BCUT2D eigenvalue weighted by Gasteiger charge is -2.31. The van der Waals surface area contributed by atoms with Crippen molar-refractivity contribution in [2.24, 2.45) is 11.8 Å². The molecule has 0 aliphatic heterocycles. The van der Waals surface area contributed by atoms with Gasteiger partial charge in [0.2, 0.25) is 0 Å². The second-order valence-corrected chi connectivity index (χ2v) is 5.74. The van der Waals surface area contributed by atoms with E-state index in [1.807, 2.05) is 0 Å². The molecule has 2 nitrogen and oxygen atoms in total. The molecule has 0 aromatic carbocycles. The van der Waals surface area contributed by atoms with Crippen LogP contribution in [0.3, 0.4) is 0 Å². The monoisotopic (exact) mass is 242 g/mol. The van der Waals surface area contributed by atoms with Crippen molar-refractivity contribution in [3.05, 3.63) is 0 Å². The maximum Gasteiger partial charge on any atom is 0.0625 e. The molecule has 0 heterocycles. The highest BCUT2D eigenvalue weighted by molar-refractivity contribution is 4.76. The Morgan fingerprint density at radius 1 is 1.18 bits per heavy atom. The first kappa shape index (κ1) is 15.0. The van der Waals surface area contributed by atoms with E-state index >= 15 is 0 Å². The molecule has 0 bridgehead atoms. The van der Waals surface area contributed by atoms with Gasteiger partial charge in [0.25, 0.3) is 0 Å². The van der Waals surface area contributed by atoms with E-state index in [1.165, 1.54) is 38.5 Å². The molecule has 102 valence electrons. The van der Waals surface area contributed by atoms with Crippen LogP contribution in [0.15, 0.2) is 0 Å². The second kappa shape index (κ2) is 8.93. The minimum absolute atomic E-state index is 0.452. The van der Waals surface area contributed by atoms with Gasteiger partial charge < -0.3 is 9.47 Å². The van der Waals surface area contributed by atoms with Gasteiger partial charge in [-0.05, 0) is 25.2 Å². The van der Waals surface area contributed by atoms with Crippen LogP contribution in [0, 0.1) is 11.8 Å². The van der Waals surface area contributed by atoms with E-state index < -0.39 is 0 Å². The van der Waals surface area contributed by atoms with Crippen LogP contribution in [0.25, 0.3) is 0 Å². The molecule has 1 aliphatic carbocycles. The number of unbranched alkanes of at least 4 members (excludes halogenated alkanes) is 1. The number of hydrogen-bond donors (Lipinski definition) is 0. The predicted molar refractivity (Wildman–Crippen MR) is 72.3 cm³/mol. The minimum Gasteiger partial charge on any atom is -0.381 e. The normalized spacial score (nSPS) is 25.4. The van der Waals surface area contributed by atoms with Gasteiger partial charge in [-0.1, -0.05) is 40.0 Å². The summed E-state index contributed by atoms with van der Waals surface area (Å²) in [7, 11) is 0. The molecular formula is C15H30O2. The van der Waals surface area contributed by atoms with Crippen LogP contribution in [0.2, 0.25) is 0 Å². The fourth-order valence-electron chi connectivity index (χ4n) is 2.38. The third-order valence-electron chi connectivity index (χ3n) is 3.46. The number of ether oxygens (including phenoxy) is 2. The van der Waals surface area contributed by atoms with Crippen LogP contribution in [0.4, 0.5) is 0 Å². The lowest BCUT2D eigenvalue weighted by atomic mass is 9.87. The summed E-state index contributed by atoms with van der Waals surface area (Å²) in [4.78, 5) is 0. The Morgan fingerprint density at radius 2 is 1.94 bits per heavy atom. The first-order valence-corrected chi connectivity index (χ1v) is 7.43. The van der Waals surface area contributed by atoms with Crippen molar-refractivity contribution < 1.29 is 9.47 Å². The molecule has 0 aromatic heterocycles. The first-order chi connectivity index (χ1) is 8.24. The van der Waals surface area contributed by atoms with Gasteiger partial charge in [-0.15, -0.1) is 0 Å². The van der Waals surface area contributed by atoms with Crippen molar-refractivity contribution in [1.82, 2.24) is 0 Å². The van der Waals surface area contributed by atoms with Crippen LogP contribution in [-0.2, 0) is 9.47 Å². The summed E-state index contributed by atoms with van der Waals surface area (Å²) in [5.41, 5.74) is 0. The van der Waals surface area contributed by atoms with E-state index in [9.17, 15) is 0 Å². The van der Waals surface area contributed by atoms with E-state index in [2.05, 4.69) is 20.8 Å². The van der Waals surface area contributed by atoms with Crippen LogP contribution >= 0.6 is 0 Å². The van der Waals surface area contributed by atoms with E-state index in [0.29, 0.717) is 17.9 Å². The summed E-state index contributed by atoms with van der Waals surface area (Å²) in [6, 6.07) is 0. The zero-order chi connectivity index (χ0) is 12.5. The Kier molecular flexibility index (Phi) is 7.87. The molecule has 0 N–H and O–H groups in total. The first-order valence-electron chi connectivity index (χ1n) is 7.43. The van der Waals surface area contributed by atoms with E-state index in [4.69, 9.17) is 9.47 Å². The summed E-state index contributed by atoms with van der Waals surface area (Å²) < 4.78 is 11.8. The summed E-state index contributed by atoms with van der Waals surface area (Å²) in [6.07, 6.45) is 8.05. The molecule has 0 saturated heterocycles. The van der Waals surface area contributed by atoms with E-state index in [-0.39, 0.29) is 0 Å². The smallest absolute Gasteiger partial charge is 0.0625 e. The summed E-state index contributed by atoms with van der Waals surface area (Å²) in [5.74, 6) is 1.28. The second-order valence-electron chi connectivity index (χ2n) is 5.74. The highest BCUT2D eigenvalue weighted by atomic mass is 16.5. The zero-order valence-corrected chi connectivity index (χ0v) is 11.9. The van der Waals surface area contributed by atoms with Crippen LogP contribution < -0.4 is 0 Å². The molecule has 1 fully saturated rings. The highest BCUT2D eigenvalue weighted by Crippen LogP contribution is 2.27. The Hall–Kier alpha value is -0.0800. The molecule has 1 rings (SSSR count). The zero-order valence-electron chi connectivity index (χ0n) is 11.9. The quantitative estimate of drug-likeness (QED) is 0.598. The van der Waals surface area contributed by atoms with Gasteiger partial charge in [-0.2, -0.15) is 0 Å². The Labute approximate surface area is 107 Å². The van der Waals surface area contributed by atoms with Crippen LogP contribution in [0.1, 0.15) is 59.3 Å². The summed E-state index contributed by atoms with van der Waals surface area (Å²) in [5, 5.41) is 0. The Bertz CT molecular complexity index is 180. The Balaban J connectivity index is 2.22. The SMILES string of the molecule is CCCCOCC1CCCCC1OCC(C)C. The summed E-state index contributed by atoms with van der Waals surface area (Å²) >= 11 is 0. The summed E-state index contributed by atoms with van der Waals surface area (Å²) in [6.45, 7) is 9.37. The van der Waals surface area contributed by atoms with E-state index in [1.54, 1.807) is 0 Å². The van der Waals surface area contributed by atoms with Crippen LogP contribution in [-0.4, -0.2) is 25.9 Å². The molecule has 0 amide bonds. The number of rotatable bonds is 8. The molecule has 0 radical (unpaired) electrons. The molecule has 2 unspecified atom stereocenters. The van der Waals surface area contributed by atoms with Gasteiger partial charge >= 0.3 is 0 Å². The molecule has 0 aromatic rings. The van der Waals surface area contributed by atoms with Crippen molar-refractivity contribution in [2.45, 2.75) is 65.4 Å². The predicted octanol–water partition coefficient (Wildman–Crippen LogP) is 4.03. The molecule has 1 saturated carbocycles. The molecule has 1 aliphatic rings. The fraction of sp³-hybridized carbons (Fsp3) is 1.00. The van der Waals surface area contributed by atoms with Crippen molar-refractivity contribution in [1.29, 1.82) is 0 Å². The third-order valence-corrected chi connectivity index (χ3v) is 3.46. The Morgan fingerprint density at radius 3 is 2.65 bits per heavy atom. The standard InChI is InChI=1S/C15H30O2/c1-4-5-10-16-12-14-8-6-7-9-15(14)17-11-13(2)3/h13-15H,4-12H2,1-3H3. The van der Waals surface area contributed by atoms with Gasteiger partial charge in [0.05, 0.1) is 12.7 Å². The average Bonchev–Trinajstić information content (AvgIpc) is 2.33. The maximum atomic E-state index is 6.03. The molecule has 2 heteroatoms. The maximum absolute atomic E-state index is 6.03. The third kappa shape index (κ3) is 6.42. The molecule has 2 atom stereocenters. The van der Waals surface area contributed by atoms with E-state index in [0.717, 1.165) is 19.8 Å². The molecule has 0 spiro atoms. The topological polar surface area (TPSA) is 18.5 Å². The lowest BCUT2D eigenvalue weighted by molar-refractivity contribution is -0.0510. The van der Waals surface area contributed by atoms with Crippen LogP contribution in [0.5, 0.6) is 0 Å². The fourth-order valence-corrected chi connectivity index (χ4v) is 2.38. The largest absolute Gasteiger partial charge is 0.381 e. The van der Waals surface area contributed by atoms with Crippen molar-refractivity contribution in [3.8, 4) is 0 Å². The lowest BCUT2D eigenvalue weighted by Crippen LogP contribution is -2.32. The number of hydrogen-bond acceptors (Lipinski definition) is 2. The molecular weight excluding hydrogens is 212 g/mol.